The number of hydrogen-bond donors (Lipinski definition) is 1. The predicted octanol–water partition coefficient (Wildman–Crippen LogP) is 3.71. The van der Waals surface area contributed by atoms with Gasteiger partial charge in [-0.15, -0.1) is 0 Å². The number of carbonyl (C=O) groups is 3. The summed E-state index contributed by atoms with van der Waals surface area (Å²) >= 11 is 6.10. The molecule has 4 rings (SSSR count). The lowest BCUT2D eigenvalue weighted by atomic mass is 9.84. The quantitative estimate of drug-likeness (QED) is 0.613. The summed E-state index contributed by atoms with van der Waals surface area (Å²) in [5, 5.41) is 3.19. The van der Waals surface area contributed by atoms with Crippen molar-refractivity contribution < 1.29 is 19.1 Å². The van der Waals surface area contributed by atoms with Gasteiger partial charge in [0.2, 0.25) is 0 Å². The van der Waals surface area contributed by atoms with Gasteiger partial charge in [-0.1, -0.05) is 35.9 Å². The Morgan fingerprint density at radius 1 is 1.21 bits per heavy atom. The molecule has 6 nitrogen and oxygen atoms in total. The number of nitrogens with one attached hydrogen (secondary N) is 1. The zero-order chi connectivity index (χ0) is 20.6. The van der Waals surface area contributed by atoms with Crippen LogP contribution in [0.4, 0.5) is 4.79 Å². The standard InChI is InChI=1S/C22H21ClN2O4/c1-29-19-10-9-15(12-17(19)23)18(26)13-25-20(27)22(24-21(25)28)11-5-4-7-14-6-2-3-8-16(14)22/h2-3,6,8-10,12H,4-5,7,11,13H2,1H3,(H,24,28)/t22-/m1/s1. The molecule has 2 aromatic rings. The van der Waals surface area contributed by atoms with Crippen molar-refractivity contribution in [3.05, 3.63) is 64.2 Å². The fourth-order valence-corrected chi connectivity index (χ4v) is 4.45. The van der Waals surface area contributed by atoms with Crippen molar-refractivity contribution in [3.63, 3.8) is 0 Å². The highest BCUT2D eigenvalue weighted by Crippen LogP contribution is 2.39. The zero-order valence-electron chi connectivity index (χ0n) is 16.0. The van der Waals surface area contributed by atoms with Crippen molar-refractivity contribution in [1.29, 1.82) is 0 Å². The molecule has 0 bridgehead atoms. The van der Waals surface area contributed by atoms with Crippen LogP contribution in [0, 0.1) is 0 Å². The van der Waals surface area contributed by atoms with E-state index in [-0.39, 0.29) is 18.2 Å². The summed E-state index contributed by atoms with van der Waals surface area (Å²) < 4.78 is 5.10. The van der Waals surface area contributed by atoms with Crippen molar-refractivity contribution in [2.45, 2.75) is 31.2 Å². The van der Waals surface area contributed by atoms with Crippen LogP contribution in [0.2, 0.25) is 5.02 Å². The Kier molecular flexibility index (Phi) is 5.04. The average Bonchev–Trinajstić information content (AvgIpc) is 2.86. The summed E-state index contributed by atoms with van der Waals surface area (Å²) in [6.07, 6.45) is 3.15. The minimum atomic E-state index is -1.10. The van der Waals surface area contributed by atoms with Crippen LogP contribution in [0.1, 0.15) is 40.7 Å². The highest BCUT2D eigenvalue weighted by molar-refractivity contribution is 6.32. The van der Waals surface area contributed by atoms with Crippen molar-refractivity contribution in [1.82, 2.24) is 10.2 Å². The Labute approximate surface area is 173 Å². The van der Waals surface area contributed by atoms with Gasteiger partial charge >= 0.3 is 6.03 Å². The smallest absolute Gasteiger partial charge is 0.325 e. The van der Waals surface area contributed by atoms with E-state index < -0.39 is 11.6 Å². The Hall–Kier alpha value is -2.86. The predicted molar refractivity (Wildman–Crippen MR) is 108 cm³/mol. The van der Waals surface area contributed by atoms with Crippen LogP contribution in [-0.4, -0.2) is 36.3 Å². The van der Waals surface area contributed by atoms with Gasteiger partial charge in [0.05, 0.1) is 18.7 Å². The lowest BCUT2D eigenvalue weighted by Gasteiger charge is -2.27. The van der Waals surface area contributed by atoms with Crippen LogP contribution in [0.5, 0.6) is 5.75 Å². The summed E-state index contributed by atoms with van der Waals surface area (Å²) in [5.74, 6) is -0.283. The summed E-state index contributed by atoms with van der Waals surface area (Å²) in [6, 6.07) is 11.8. The number of imide groups is 1. The van der Waals surface area contributed by atoms with Crippen LogP contribution in [-0.2, 0) is 16.8 Å². The van der Waals surface area contributed by atoms with E-state index in [1.54, 1.807) is 12.1 Å². The van der Waals surface area contributed by atoms with Gasteiger partial charge in [-0.2, -0.15) is 0 Å². The molecule has 1 spiro atoms. The Bertz CT molecular complexity index is 1010. The number of ketones is 1. The van der Waals surface area contributed by atoms with E-state index in [0.29, 0.717) is 22.8 Å². The summed E-state index contributed by atoms with van der Waals surface area (Å²) in [6.45, 7) is -0.336. The SMILES string of the molecule is COc1ccc(C(=O)CN2C(=O)N[C@@]3(CCCCc4ccccc43)C2=O)cc1Cl. The molecular formula is C22H21ClN2O4. The maximum absolute atomic E-state index is 13.4. The molecule has 29 heavy (non-hydrogen) atoms. The maximum atomic E-state index is 13.4. The molecule has 0 saturated carbocycles. The molecule has 1 aliphatic heterocycles. The minimum Gasteiger partial charge on any atom is -0.495 e. The maximum Gasteiger partial charge on any atom is 0.325 e. The lowest BCUT2D eigenvalue weighted by molar-refractivity contribution is -0.131. The largest absolute Gasteiger partial charge is 0.495 e. The van der Waals surface area contributed by atoms with Gasteiger partial charge < -0.3 is 10.1 Å². The van der Waals surface area contributed by atoms with E-state index in [0.717, 1.165) is 35.3 Å². The Morgan fingerprint density at radius 3 is 2.76 bits per heavy atom. The Balaban J connectivity index is 1.62. The topological polar surface area (TPSA) is 75.7 Å². The molecule has 3 amide bonds. The minimum absolute atomic E-state index is 0.296. The van der Waals surface area contributed by atoms with Crippen LogP contribution >= 0.6 is 11.6 Å². The number of ether oxygens (including phenoxy) is 1. The number of halogens is 1. The van der Waals surface area contributed by atoms with E-state index in [4.69, 9.17) is 16.3 Å². The first-order valence-corrected chi connectivity index (χ1v) is 9.93. The monoisotopic (exact) mass is 412 g/mol. The molecule has 2 aliphatic rings. The second-order valence-corrected chi connectivity index (χ2v) is 7.77. The summed E-state index contributed by atoms with van der Waals surface area (Å²) in [7, 11) is 1.49. The number of nitrogens with zero attached hydrogens (tertiary/aromatic N) is 1. The number of hydrogen-bond acceptors (Lipinski definition) is 4. The second-order valence-electron chi connectivity index (χ2n) is 7.36. The van der Waals surface area contributed by atoms with Crippen molar-refractivity contribution in [2.75, 3.05) is 13.7 Å². The number of amides is 3. The third-order valence-electron chi connectivity index (χ3n) is 5.68. The molecule has 0 radical (unpaired) electrons. The molecule has 1 heterocycles. The van der Waals surface area contributed by atoms with Crippen LogP contribution in [0.15, 0.2) is 42.5 Å². The van der Waals surface area contributed by atoms with Gasteiger partial charge in [0.25, 0.3) is 5.91 Å². The molecule has 1 fully saturated rings. The van der Waals surface area contributed by atoms with Gasteiger partial charge in [-0.25, -0.2) is 4.79 Å². The molecule has 1 aliphatic carbocycles. The molecule has 1 N–H and O–H groups in total. The molecule has 0 unspecified atom stereocenters. The number of rotatable bonds is 4. The van der Waals surface area contributed by atoms with Crippen molar-refractivity contribution >= 4 is 29.3 Å². The first kappa shape index (κ1) is 19.5. The Morgan fingerprint density at radius 2 is 2.00 bits per heavy atom. The molecule has 0 aromatic heterocycles. The van der Waals surface area contributed by atoms with Crippen LogP contribution in [0.25, 0.3) is 0 Å². The number of methoxy groups -OCH3 is 1. The molecular weight excluding hydrogens is 392 g/mol. The van der Waals surface area contributed by atoms with E-state index in [1.165, 1.54) is 13.2 Å². The van der Waals surface area contributed by atoms with Crippen LogP contribution < -0.4 is 10.1 Å². The fourth-order valence-electron chi connectivity index (χ4n) is 4.19. The van der Waals surface area contributed by atoms with E-state index in [9.17, 15) is 14.4 Å². The molecule has 1 saturated heterocycles. The first-order valence-electron chi connectivity index (χ1n) is 9.55. The van der Waals surface area contributed by atoms with E-state index >= 15 is 0 Å². The third-order valence-corrected chi connectivity index (χ3v) is 5.97. The summed E-state index contributed by atoms with van der Waals surface area (Å²) in [4.78, 5) is 39.9. The number of carbonyl (C=O) groups excluding carboxylic acids is 3. The normalized spacial score (nSPS) is 21.0. The van der Waals surface area contributed by atoms with Gasteiger partial charge in [-0.3, -0.25) is 14.5 Å². The van der Waals surface area contributed by atoms with Gasteiger partial charge in [0.1, 0.15) is 11.3 Å². The number of Topliss-reactive ketones (excluding diaryl/α,β-unsaturated/α-hetero) is 1. The number of fused-ring (bicyclic) bond motifs is 2. The van der Waals surface area contributed by atoms with Crippen molar-refractivity contribution in [3.8, 4) is 5.75 Å². The molecule has 150 valence electrons. The zero-order valence-corrected chi connectivity index (χ0v) is 16.8. The number of aryl methyl sites for hydroxylation is 1. The third kappa shape index (κ3) is 3.27. The number of benzene rings is 2. The highest BCUT2D eigenvalue weighted by Gasteiger charge is 2.53. The van der Waals surface area contributed by atoms with Crippen molar-refractivity contribution in [2.24, 2.45) is 0 Å². The molecule has 7 heteroatoms. The van der Waals surface area contributed by atoms with E-state index in [1.807, 2.05) is 24.3 Å². The first-order chi connectivity index (χ1) is 14.0. The van der Waals surface area contributed by atoms with Gasteiger partial charge in [0.15, 0.2) is 5.78 Å². The van der Waals surface area contributed by atoms with Gasteiger partial charge in [0, 0.05) is 5.56 Å². The molecule has 1 atom stereocenters. The summed E-state index contributed by atoms with van der Waals surface area (Å²) in [5.41, 5.74) is 1.12. The van der Waals surface area contributed by atoms with Gasteiger partial charge in [-0.05, 0) is 55.0 Å². The lowest BCUT2D eigenvalue weighted by Crippen LogP contribution is -2.44. The number of urea groups is 1. The van der Waals surface area contributed by atoms with Crippen LogP contribution in [0.3, 0.4) is 0 Å². The molecule has 2 aromatic carbocycles. The van der Waals surface area contributed by atoms with E-state index in [2.05, 4.69) is 5.32 Å². The second kappa shape index (κ2) is 7.52. The fraction of sp³-hybridized carbons (Fsp3) is 0.318. The average molecular weight is 413 g/mol. The highest BCUT2D eigenvalue weighted by atomic mass is 35.5.